The Labute approximate surface area is 116 Å². The van der Waals surface area contributed by atoms with Gasteiger partial charge in [-0.15, -0.1) is 0 Å². The third-order valence-electron chi connectivity index (χ3n) is 3.08. The summed E-state index contributed by atoms with van der Waals surface area (Å²) in [6.45, 7) is 0.278. The summed E-state index contributed by atoms with van der Waals surface area (Å²) in [7, 11) is -3.78. The van der Waals surface area contributed by atoms with Crippen LogP contribution in [0.5, 0.6) is 0 Å². The Morgan fingerprint density at radius 3 is 2.89 bits per heavy atom. The monoisotopic (exact) mass is 304 g/mol. The van der Waals surface area contributed by atoms with Crippen LogP contribution in [0.3, 0.4) is 0 Å². The van der Waals surface area contributed by atoms with Crippen molar-refractivity contribution in [1.29, 1.82) is 0 Å². The maximum absolute atomic E-state index is 12.4. The predicted molar refractivity (Wildman–Crippen MR) is 68.4 cm³/mol. The SMILES string of the molecule is O=C(O)[C@H]1CCCN(S(=O)(=O)c2cccnc2Cl)C1. The van der Waals surface area contributed by atoms with Gasteiger partial charge in [-0.3, -0.25) is 4.79 Å². The van der Waals surface area contributed by atoms with Crippen molar-refractivity contribution in [2.45, 2.75) is 17.7 Å². The first kappa shape index (κ1) is 14.2. The molecule has 0 bridgehead atoms. The molecule has 0 spiro atoms. The van der Waals surface area contributed by atoms with Gasteiger partial charge in [0.1, 0.15) is 10.0 Å². The topological polar surface area (TPSA) is 87.6 Å². The number of rotatable bonds is 3. The fourth-order valence-electron chi connectivity index (χ4n) is 2.07. The standard InChI is InChI=1S/C11H13ClN2O4S/c12-10-9(4-1-5-13-10)19(17,18)14-6-2-3-8(7-14)11(15)16/h1,4-5,8H,2-3,6-7H2,(H,15,16)/t8-/m0/s1. The van der Waals surface area contributed by atoms with Gasteiger partial charge in [0.05, 0.1) is 5.92 Å². The highest BCUT2D eigenvalue weighted by molar-refractivity contribution is 7.89. The van der Waals surface area contributed by atoms with E-state index in [2.05, 4.69) is 4.98 Å². The molecule has 1 aromatic rings. The first-order valence-corrected chi connectivity index (χ1v) is 7.58. The fourth-order valence-corrected chi connectivity index (χ4v) is 4.02. The molecule has 0 saturated carbocycles. The number of carboxylic acid groups (broad SMARTS) is 1. The average molecular weight is 305 g/mol. The Morgan fingerprint density at radius 1 is 1.53 bits per heavy atom. The van der Waals surface area contributed by atoms with Crippen LogP contribution in [0.2, 0.25) is 5.15 Å². The second-order valence-electron chi connectivity index (χ2n) is 4.33. The number of carbonyl (C=O) groups is 1. The number of hydrogen-bond acceptors (Lipinski definition) is 4. The third kappa shape index (κ3) is 2.88. The predicted octanol–water partition coefficient (Wildman–Crippen LogP) is 1.22. The summed E-state index contributed by atoms with van der Waals surface area (Å²) in [6.07, 6.45) is 2.41. The summed E-state index contributed by atoms with van der Waals surface area (Å²) in [4.78, 5) is 14.6. The molecular weight excluding hydrogens is 292 g/mol. The van der Waals surface area contributed by atoms with Crippen LogP contribution in [-0.4, -0.2) is 41.9 Å². The molecule has 0 radical (unpaired) electrons. The number of piperidine rings is 1. The van der Waals surface area contributed by atoms with Crippen LogP contribution in [0.1, 0.15) is 12.8 Å². The van der Waals surface area contributed by atoms with Gasteiger partial charge < -0.3 is 5.11 Å². The first-order chi connectivity index (χ1) is 8.93. The number of aromatic nitrogens is 1. The molecule has 2 heterocycles. The largest absolute Gasteiger partial charge is 0.481 e. The van der Waals surface area contributed by atoms with Crippen molar-refractivity contribution in [3.63, 3.8) is 0 Å². The van der Waals surface area contributed by atoms with Crippen LogP contribution < -0.4 is 0 Å². The van der Waals surface area contributed by atoms with Crippen LogP contribution >= 0.6 is 11.6 Å². The van der Waals surface area contributed by atoms with E-state index in [-0.39, 0.29) is 16.6 Å². The van der Waals surface area contributed by atoms with Crippen molar-refractivity contribution in [3.8, 4) is 0 Å². The van der Waals surface area contributed by atoms with Crippen molar-refractivity contribution in [3.05, 3.63) is 23.5 Å². The van der Waals surface area contributed by atoms with Gasteiger partial charge in [0.25, 0.3) is 0 Å². The van der Waals surface area contributed by atoms with E-state index in [9.17, 15) is 13.2 Å². The summed E-state index contributed by atoms with van der Waals surface area (Å²) < 4.78 is 25.9. The van der Waals surface area contributed by atoms with Gasteiger partial charge >= 0.3 is 5.97 Å². The summed E-state index contributed by atoms with van der Waals surface area (Å²) in [6, 6.07) is 2.85. The van der Waals surface area contributed by atoms with E-state index < -0.39 is 21.9 Å². The van der Waals surface area contributed by atoms with Gasteiger partial charge in [0, 0.05) is 19.3 Å². The maximum Gasteiger partial charge on any atom is 0.307 e. The molecule has 19 heavy (non-hydrogen) atoms. The van der Waals surface area contributed by atoms with Crippen LogP contribution in [0.15, 0.2) is 23.2 Å². The normalized spacial score (nSPS) is 21.2. The summed E-state index contributed by atoms with van der Waals surface area (Å²) in [5.74, 6) is -1.64. The van der Waals surface area contributed by atoms with Gasteiger partial charge in [0.15, 0.2) is 0 Å². The second kappa shape index (κ2) is 5.44. The first-order valence-electron chi connectivity index (χ1n) is 5.76. The van der Waals surface area contributed by atoms with Gasteiger partial charge in [-0.1, -0.05) is 11.6 Å². The molecule has 1 N–H and O–H groups in total. The zero-order chi connectivity index (χ0) is 14.0. The van der Waals surface area contributed by atoms with Crippen LogP contribution in [0.25, 0.3) is 0 Å². The third-order valence-corrected chi connectivity index (χ3v) is 5.39. The highest BCUT2D eigenvalue weighted by atomic mass is 35.5. The van der Waals surface area contributed by atoms with Crippen LogP contribution in [0, 0.1) is 5.92 Å². The maximum atomic E-state index is 12.4. The molecule has 2 rings (SSSR count). The van der Waals surface area contributed by atoms with Gasteiger partial charge in [-0.2, -0.15) is 4.31 Å². The minimum Gasteiger partial charge on any atom is -0.481 e. The Hall–Kier alpha value is -1.18. The van der Waals surface area contributed by atoms with Crippen molar-refractivity contribution in [2.24, 2.45) is 5.92 Å². The summed E-state index contributed by atoms with van der Waals surface area (Å²) >= 11 is 5.79. The van der Waals surface area contributed by atoms with E-state index >= 15 is 0 Å². The van der Waals surface area contributed by atoms with Gasteiger partial charge in [-0.05, 0) is 25.0 Å². The summed E-state index contributed by atoms with van der Waals surface area (Å²) in [5, 5.41) is 8.89. The smallest absolute Gasteiger partial charge is 0.307 e. The number of aliphatic carboxylic acids is 1. The second-order valence-corrected chi connectivity index (χ2v) is 6.60. The zero-order valence-electron chi connectivity index (χ0n) is 9.99. The molecule has 1 aromatic heterocycles. The molecule has 0 aromatic carbocycles. The fraction of sp³-hybridized carbons (Fsp3) is 0.455. The number of carboxylic acids is 1. The number of hydrogen-bond donors (Lipinski definition) is 1. The van der Waals surface area contributed by atoms with E-state index in [1.165, 1.54) is 18.3 Å². The molecule has 104 valence electrons. The lowest BCUT2D eigenvalue weighted by Gasteiger charge is -2.29. The number of sulfonamides is 1. The lowest BCUT2D eigenvalue weighted by atomic mass is 10.0. The van der Waals surface area contributed by atoms with E-state index in [1.54, 1.807) is 0 Å². The number of pyridine rings is 1. The molecule has 1 aliphatic rings. The molecule has 0 amide bonds. The Morgan fingerprint density at radius 2 is 2.26 bits per heavy atom. The molecule has 0 aliphatic carbocycles. The van der Waals surface area contributed by atoms with Crippen molar-refractivity contribution >= 4 is 27.6 Å². The van der Waals surface area contributed by atoms with Crippen molar-refractivity contribution < 1.29 is 18.3 Å². The van der Waals surface area contributed by atoms with Crippen LogP contribution in [-0.2, 0) is 14.8 Å². The molecule has 1 saturated heterocycles. The van der Waals surface area contributed by atoms with E-state index in [0.717, 1.165) is 4.31 Å². The molecule has 8 heteroatoms. The Bertz CT molecular complexity index is 590. The molecular formula is C11H13ClN2O4S. The lowest BCUT2D eigenvalue weighted by molar-refractivity contribution is -0.142. The lowest BCUT2D eigenvalue weighted by Crippen LogP contribution is -2.42. The Balaban J connectivity index is 2.30. The molecule has 0 unspecified atom stereocenters. The highest BCUT2D eigenvalue weighted by Gasteiger charge is 2.34. The minimum absolute atomic E-state index is 0.0249. The number of nitrogens with zero attached hydrogens (tertiary/aromatic N) is 2. The van der Waals surface area contributed by atoms with Gasteiger partial charge in [-0.25, -0.2) is 13.4 Å². The van der Waals surface area contributed by atoms with Crippen LogP contribution in [0.4, 0.5) is 0 Å². The zero-order valence-corrected chi connectivity index (χ0v) is 11.6. The summed E-state index contributed by atoms with van der Waals surface area (Å²) in [5.41, 5.74) is 0. The average Bonchev–Trinajstić information content (AvgIpc) is 2.39. The van der Waals surface area contributed by atoms with Crippen molar-refractivity contribution in [1.82, 2.24) is 9.29 Å². The Kier molecular flexibility index (Phi) is 4.07. The van der Waals surface area contributed by atoms with Gasteiger partial charge in [0.2, 0.25) is 10.0 Å². The quantitative estimate of drug-likeness (QED) is 0.848. The number of halogens is 1. The highest BCUT2D eigenvalue weighted by Crippen LogP contribution is 2.26. The molecule has 1 fully saturated rings. The molecule has 1 atom stereocenters. The van der Waals surface area contributed by atoms with Crippen molar-refractivity contribution in [2.75, 3.05) is 13.1 Å². The minimum atomic E-state index is -3.78. The van der Waals surface area contributed by atoms with E-state index in [4.69, 9.17) is 16.7 Å². The molecule has 6 nitrogen and oxygen atoms in total. The van der Waals surface area contributed by atoms with E-state index in [1.807, 2.05) is 0 Å². The molecule has 1 aliphatic heterocycles. The van der Waals surface area contributed by atoms with E-state index in [0.29, 0.717) is 19.4 Å².